The van der Waals surface area contributed by atoms with Crippen LogP contribution in [0.25, 0.3) is 22.2 Å². The number of halogens is 9. The molecule has 1 unspecified atom stereocenters. The minimum Gasteiger partial charge on any atom is -0.508 e. The topological polar surface area (TPSA) is 89.1 Å². The molecule has 0 radical (unpaired) electrons. The first kappa shape index (κ1) is 40.3. The van der Waals surface area contributed by atoms with Crippen LogP contribution >= 0.6 is 0 Å². The molecular weight excluding hydrogens is 671 g/mol. The van der Waals surface area contributed by atoms with Crippen LogP contribution in [-0.2, 0) is 6.54 Å². The Morgan fingerprint density at radius 3 is 1.84 bits per heavy atom. The Morgan fingerprint density at radius 1 is 0.714 bits per heavy atom. The minimum absolute atomic E-state index is 0.112. The Bertz CT molecular complexity index is 1480. The smallest absolute Gasteiger partial charge is 0.460 e. The number of aryl methyl sites for hydroxylation is 2. The van der Waals surface area contributed by atoms with Crippen molar-refractivity contribution in [3.63, 3.8) is 0 Å². The maximum atomic E-state index is 13.8. The molecule has 4 N–H and O–H groups in total. The Kier molecular flexibility index (Phi) is 13.7. The van der Waals surface area contributed by atoms with Crippen molar-refractivity contribution in [2.75, 3.05) is 26.2 Å². The zero-order chi connectivity index (χ0) is 36.6. The highest BCUT2D eigenvalue weighted by atomic mass is 19.4. The molecule has 0 aliphatic carbocycles. The predicted molar refractivity (Wildman–Crippen MR) is 167 cm³/mol. The summed E-state index contributed by atoms with van der Waals surface area (Å²) in [6, 6.07) is 12.1. The van der Waals surface area contributed by atoms with Gasteiger partial charge in [-0.05, 0) is 99.3 Å². The number of nitrogens with zero attached hydrogens (tertiary/aromatic N) is 2. The van der Waals surface area contributed by atoms with Crippen LogP contribution in [0.4, 0.5) is 39.5 Å². The van der Waals surface area contributed by atoms with Gasteiger partial charge in [0.25, 0.3) is 0 Å². The van der Waals surface area contributed by atoms with Gasteiger partial charge in [0, 0.05) is 30.4 Å². The molecule has 0 bridgehead atoms. The molecule has 3 aromatic rings. The van der Waals surface area contributed by atoms with E-state index in [4.69, 9.17) is 0 Å². The first-order chi connectivity index (χ1) is 22.8. The van der Waals surface area contributed by atoms with Crippen LogP contribution in [0.3, 0.4) is 0 Å². The lowest BCUT2D eigenvalue weighted by atomic mass is 9.98. The zero-order valence-corrected chi connectivity index (χ0v) is 27.1. The van der Waals surface area contributed by atoms with Crippen molar-refractivity contribution in [3.8, 4) is 22.8 Å². The van der Waals surface area contributed by atoms with Gasteiger partial charge in [0.15, 0.2) is 0 Å². The first-order valence-corrected chi connectivity index (χ1v) is 16.2. The van der Waals surface area contributed by atoms with Gasteiger partial charge >= 0.3 is 23.9 Å². The van der Waals surface area contributed by atoms with Crippen molar-refractivity contribution >= 4 is 10.9 Å². The molecule has 0 spiro atoms. The molecule has 15 heteroatoms. The van der Waals surface area contributed by atoms with E-state index < -0.39 is 49.5 Å². The summed E-state index contributed by atoms with van der Waals surface area (Å²) in [5, 5.41) is 39.9. The zero-order valence-electron chi connectivity index (χ0n) is 27.1. The van der Waals surface area contributed by atoms with Crippen LogP contribution in [0.5, 0.6) is 11.5 Å². The molecule has 0 saturated heterocycles. The van der Waals surface area contributed by atoms with Gasteiger partial charge in [-0.3, -0.25) is 0 Å². The molecular formula is C34H43F9N2O4. The lowest BCUT2D eigenvalue weighted by Crippen LogP contribution is -2.60. The number of aliphatic hydroxyl groups is 2. The van der Waals surface area contributed by atoms with E-state index in [0.29, 0.717) is 26.1 Å². The average molecular weight is 715 g/mol. The van der Waals surface area contributed by atoms with E-state index in [1.54, 1.807) is 24.3 Å². The molecule has 1 atom stereocenters. The van der Waals surface area contributed by atoms with E-state index in [2.05, 4.69) is 4.57 Å². The van der Waals surface area contributed by atoms with Gasteiger partial charge in [0.1, 0.15) is 11.5 Å². The number of aliphatic hydroxyl groups excluding tert-OH is 2. The highest BCUT2D eigenvalue weighted by Crippen LogP contribution is 2.54. The number of aromatic hydroxyl groups is 2. The maximum absolute atomic E-state index is 13.8. The number of aromatic nitrogens is 1. The van der Waals surface area contributed by atoms with Crippen LogP contribution < -0.4 is 0 Å². The number of hydrogen-bond donors (Lipinski definition) is 4. The Hall–Kier alpha value is -3.17. The summed E-state index contributed by atoms with van der Waals surface area (Å²) in [7, 11) is 0. The number of alkyl halides is 9. The molecule has 0 fully saturated rings. The molecule has 0 aliphatic heterocycles. The van der Waals surface area contributed by atoms with Gasteiger partial charge in [0.05, 0.1) is 18.4 Å². The highest BCUT2D eigenvalue weighted by molar-refractivity contribution is 5.92. The van der Waals surface area contributed by atoms with Crippen LogP contribution in [0, 0.1) is 6.92 Å². The SMILES string of the molecule is Cc1c(-c2ccc(O)cc2)n(CCCCCCN(CCCCCCC(F)(F)C(F)(F)C(F)(F)C(F)(F)F)CC(O)CO)c2ccc(O)cc12. The van der Waals surface area contributed by atoms with Crippen molar-refractivity contribution in [1.29, 1.82) is 0 Å². The molecule has 1 aromatic heterocycles. The van der Waals surface area contributed by atoms with Crippen molar-refractivity contribution in [2.24, 2.45) is 0 Å². The molecule has 49 heavy (non-hydrogen) atoms. The molecule has 0 aliphatic rings. The van der Waals surface area contributed by atoms with Gasteiger partial charge in [-0.1, -0.05) is 25.7 Å². The second-order valence-electron chi connectivity index (χ2n) is 12.4. The van der Waals surface area contributed by atoms with Crippen molar-refractivity contribution in [2.45, 2.75) is 101 Å². The number of rotatable bonds is 20. The summed E-state index contributed by atoms with van der Waals surface area (Å²) in [5.74, 6) is -18.7. The molecule has 1 heterocycles. The predicted octanol–water partition coefficient (Wildman–Crippen LogP) is 8.66. The van der Waals surface area contributed by atoms with Crippen LogP contribution in [-0.4, -0.2) is 86.2 Å². The van der Waals surface area contributed by atoms with E-state index in [-0.39, 0.29) is 30.9 Å². The normalized spacial score (nSPS) is 13.9. The number of hydrogen-bond acceptors (Lipinski definition) is 5. The van der Waals surface area contributed by atoms with E-state index in [0.717, 1.165) is 53.4 Å². The fourth-order valence-corrected chi connectivity index (χ4v) is 5.94. The third-order valence-corrected chi connectivity index (χ3v) is 8.65. The Balaban J connectivity index is 1.48. The number of benzene rings is 2. The highest BCUT2D eigenvalue weighted by Gasteiger charge is 2.81. The number of fused-ring (bicyclic) bond motifs is 1. The van der Waals surface area contributed by atoms with Gasteiger partial charge < -0.3 is 29.9 Å². The fraction of sp³-hybridized carbons (Fsp3) is 0.588. The molecule has 2 aromatic carbocycles. The van der Waals surface area contributed by atoms with Crippen molar-refractivity contribution < 1.29 is 59.9 Å². The summed E-state index contributed by atoms with van der Waals surface area (Å²) in [6.45, 7) is 3.16. The van der Waals surface area contributed by atoms with E-state index >= 15 is 0 Å². The van der Waals surface area contributed by atoms with Gasteiger partial charge in [-0.25, -0.2) is 0 Å². The molecule has 0 saturated carbocycles. The molecule has 276 valence electrons. The second kappa shape index (κ2) is 16.7. The molecule has 6 nitrogen and oxygen atoms in total. The summed E-state index contributed by atoms with van der Waals surface area (Å²) < 4.78 is 120. The summed E-state index contributed by atoms with van der Waals surface area (Å²) >= 11 is 0. The number of unbranched alkanes of at least 4 members (excludes halogenated alkanes) is 6. The Morgan fingerprint density at radius 2 is 1.27 bits per heavy atom. The quantitative estimate of drug-likeness (QED) is 0.0695. The van der Waals surface area contributed by atoms with E-state index in [1.807, 2.05) is 30.0 Å². The van der Waals surface area contributed by atoms with Gasteiger partial charge in [-0.15, -0.1) is 0 Å². The van der Waals surface area contributed by atoms with E-state index in [1.165, 1.54) is 0 Å². The molecule has 0 amide bonds. The number of phenolic OH excluding ortho intramolecular Hbond substituents is 2. The lowest BCUT2D eigenvalue weighted by Gasteiger charge is -2.33. The maximum Gasteiger partial charge on any atom is 0.460 e. The second-order valence-corrected chi connectivity index (χ2v) is 12.4. The van der Waals surface area contributed by atoms with Gasteiger partial charge in [0.2, 0.25) is 0 Å². The standard InChI is InChI=1S/C34H43F9N2O4/c1-23-28-20-26(48)14-15-29(28)45(30(23)24-10-12-25(47)13-11-24)19-9-5-4-8-18-44(21-27(49)22-46)17-7-3-2-6-16-31(35,36)32(37,38)33(39,40)34(41,42)43/h10-15,20,27,46-49H,2-9,16-19,21-22H2,1H3. The first-order valence-electron chi connectivity index (χ1n) is 16.2. The summed E-state index contributed by atoms with van der Waals surface area (Å²) in [6.07, 6.45) is -6.77. The molecule has 3 rings (SSSR count). The Labute approximate surface area is 278 Å². The summed E-state index contributed by atoms with van der Waals surface area (Å²) in [5.41, 5.74) is 3.84. The van der Waals surface area contributed by atoms with Crippen LogP contribution in [0.2, 0.25) is 0 Å². The third kappa shape index (κ3) is 9.75. The van der Waals surface area contributed by atoms with E-state index in [9.17, 15) is 59.9 Å². The number of phenols is 2. The van der Waals surface area contributed by atoms with Gasteiger partial charge in [-0.2, -0.15) is 39.5 Å². The van der Waals surface area contributed by atoms with Crippen molar-refractivity contribution in [3.05, 3.63) is 48.0 Å². The monoisotopic (exact) mass is 714 g/mol. The largest absolute Gasteiger partial charge is 0.508 e. The third-order valence-electron chi connectivity index (χ3n) is 8.65. The minimum atomic E-state index is -6.88. The lowest BCUT2D eigenvalue weighted by molar-refractivity contribution is -0.396. The fourth-order valence-electron chi connectivity index (χ4n) is 5.94. The summed E-state index contributed by atoms with van der Waals surface area (Å²) in [4.78, 5) is 1.85. The average Bonchev–Trinajstić information content (AvgIpc) is 3.29. The van der Waals surface area contributed by atoms with Crippen LogP contribution in [0.15, 0.2) is 42.5 Å². The van der Waals surface area contributed by atoms with Crippen molar-refractivity contribution in [1.82, 2.24) is 9.47 Å². The van der Waals surface area contributed by atoms with Crippen LogP contribution in [0.1, 0.15) is 63.4 Å².